The van der Waals surface area contributed by atoms with Gasteiger partial charge in [0.05, 0.1) is 18.8 Å². The lowest BCUT2D eigenvalue weighted by atomic mass is 10.1. The monoisotopic (exact) mass is 423 g/mol. The molecule has 26 heavy (non-hydrogen) atoms. The normalized spacial score (nSPS) is 22.5. The van der Waals surface area contributed by atoms with Gasteiger partial charge in [0.15, 0.2) is 5.96 Å². The third kappa shape index (κ3) is 5.96. The number of benzene rings is 1. The Morgan fingerprint density at radius 1 is 1.23 bits per heavy atom. The van der Waals surface area contributed by atoms with Crippen molar-refractivity contribution in [1.29, 1.82) is 0 Å². The zero-order chi connectivity index (χ0) is 18.2. The van der Waals surface area contributed by atoms with Gasteiger partial charge < -0.3 is 19.7 Å². The van der Waals surface area contributed by atoms with Crippen LogP contribution >= 0.6 is 15.9 Å². The molecule has 2 heterocycles. The summed E-state index contributed by atoms with van der Waals surface area (Å²) in [5, 5.41) is 3.47. The quantitative estimate of drug-likeness (QED) is 0.580. The summed E-state index contributed by atoms with van der Waals surface area (Å²) < 4.78 is 13.0. The third-order valence-corrected chi connectivity index (χ3v) is 5.64. The highest BCUT2D eigenvalue weighted by Crippen LogP contribution is 2.18. The van der Waals surface area contributed by atoms with Gasteiger partial charge in [-0.15, -0.1) is 0 Å². The Hall–Kier alpha value is -1.11. The highest BCUT2D eigenvalue weighted by molar-refractivity contribution is 9.10. The summed E-state index contributed by atoms with van der Waals surface area (Å²) in [7, 11) is 1.85. The zero-order valence-electron chi connectivity index (χ0n) is 15.6. The predicted molar refractivity (Wildman–Crippen MR) is 108 cm³/mol. The number of halogens is 1. The molecule has 2 aliphatic heterocycles. The zero-order valence-corrected chi connectivity index (χ0v) is 17.2. The van der Waals surface area contributed by atoms with Gasteiger partial charge in [-0.1, -0.05) is 28.1 Å². The van der Waals surface area contributed by atoms with E-state index in [1.165, 1.54) is 18.4 Å². The SMILES string of the molecule is CN=C(NCc1ccc(Br)cc1)N1CCC(OCC2CCCCO2)CC1. The molecule has 0 bridgehead atoms. The maximum atomic E-state index is 6.11. The van der Waals surface area contributed by atoms with E-state index in [0.29, 0.717) is 12.2 Å². The summed E-state index contributed by atoms with van der Waals surface area (Å²) in [5.74, 6) is 0.974. The van der Waals surface area contributed by atoms with Gasteiger partial charge in [-0.2, -0.15) is 0 Å². The molecule has 1 atom stereocenters. The Bertz CT molecular complexity index is 565. The van der Waals surface area contributed by atoms with E-state index in [1.54, 1.807) is 0 Å². The van der Waals surface area contributed by atoms with Gasteiger partial charge in [0.1, 0.15) is 0 Å². The summed E-state index contributed by atoms with van der Waals surface area (Å²) in [6.45, 7) is 4.40. The van der Waals surface area contributed by atoms with E-state index in [2.05, 4.69) is 55.4 Å². The molecule has 144 valence electrons. The molecule has 5 nitrogen and oxygen atoms in total. The molecular formula is C20H30BrN3O2. The van der Waals surface area contributed by atoms with Gasteiger partial charge in [-0.3, -0.25) is 4.99 Å². The van der Waals surface area contributed by atoms with Crippen LogP contribution in [0.1, 0.15) is 37.7 Å². The highest BCUT2D eigenvalue weighted by atomic mass is 79.9. The Morgan fingerprint density at radius 2 is 2.00 bits per heavy atom. The van der Waals surface area contributed by atoms with Gasteiger partial charge >= 0.3 is 0 Å². The van der Waals surface area contributed by atoms with Crippen molar-refractivity contribution in [2.75, 3.05) is 33.4 Å². The summed E-state index contributed by atoms with van der Waals surface area (Å²) in [6.07, 6.45) is 6.36. The van der Waals surface area contributed by atoms with Crippen molar-refractivity contribution in [3.05, 3.63) is 34.3 Å². The number of hydrogen-bond donors (Lipinski definition) is 1. The molecule has 0 aromatic heterocycles. The molecule has 1 unspecified atom stereocenters. The first-order valence-electron chi connectivity index (χ1n) is 9.68. The summed E-state index contributed by atoms with van der Waals surface area (Å²) >= 11 is 3.47. The van der Waals surface area contributed by atoms with Crippen LogP contribution in [-0.2, 0) is 16.0 Å². The Kier molecular flexibility index (Phi) is 7.77. The van der Waals surface area contributed by atoms with E-state index in [0.717, 1.165) is 62.5 Å². The predicted octanol–water partition coefficient (Wildman–Crippen LogP) is 3.57. The molecule has 3 rings (SSSR count). The number of aliphatic imine (C=N–C) groups is 1. The van der Waals surface area contributed by atoms with Crippen molar-refractivity contribution < 1.29 is 9.47 Å². The molecule has 6 heteroatoms. The van der Waals surface area contributed by atoms with Crippen LogP contribution < -0.4 is 5.32 Å². The molecule has 1 N–H and O–H groups in total. The second-order valence-electron chi connectivity index (χ2n) is 7.04. The fourth-order valence-electron chi connectivity index (χ4n) is 3.53. The van der Waals surface area contributed by atoms with Crippen LogP contribution in [0.3, 0.4) is 0 Å². The van der Waals surface area contributed by atoms with Crippen molar-refractivity contribution >= 4 is 21.9 Å². The lowest BCUT2D eigenvalue weighted by molar-refractivity contribution is -0.0721. The number of ether oxygens (including phenoxy) is 2. The fourth-order valence-corrected chi connectivity index (χ4v) is 3.80. The van der Waals surface area contributed by atoms with E-state index in [9.17, 15) is 0 Å². The van der Waals surface area contributed by atoms with Crippen LogP contribution in [-0.4, -0.2) is 56.4 Å². The van der Waals surface area contributed by atoms with Crippen LogP contribution in [0.15, 0.2) is 33.7 Å². The first-order chi connectivity index (χ1) is 12.7. The molecule has 1 aromatic carbocycles. The van der Waals surface area contributed by atoms with Crippen LogP contribution in [0.25, 0.3) is 0 Å². The molecule has 0 spiro atoms. The molecule has 2 saturated heterocycles. The first-order valence-corrected chi connectivity index (χ1v) is 10.5. The minimum absolute atomic E-state index is 0.308. The molecule has 0 aliphatic carbocycles. The number of hydrogen-bond acceptors (Lipinski definition) is 3. The number of rotatable bonds is 5. The van der Waals surface area contributed by atoms with Crippen molar-refractivity contribution in [2.45, 2.75) is 50.9 Å². The van der Waals surface area contributed by atoms with E-state index in [4.69, 9.17) is 9.47 Å². The molecule has 2 aliphatic rings. The van der Waals surface area contributed by atoms with Gasteiger partial charge in [0, 0.05) is 37.8 Å². The number of piperidine rings is 1. The maximum absolute atomic E-state index is 6.11. The van der Waals surface area contributed by atoms with E-state index in [1.807, 2.05) is 7.05 Å². The van der Waals surface area contributed by atoms with Gasteiger partial charge in [0.25, 0.3) is 0 Å². The minimum Gasteiger partial charge on any atom is -0.376 e. The van der Waals surface area contributed by atoms with Crippen molar-refractivity contribution in [3.63, 3.8) is 0 Å². The lowest BCUT2D eigenvalue weighted by Crippen LogP contribution is -2.47. The number of nitrogens with one attached hydrogen (secondary N) is 1. The first kappa shape index (κ1) is 19.6. The standard InChI is InChI=1S/C20H30BrN3O2/c1-22-20(23-14-16-5-7-17(21)8-6-16)24-11-9-18(10-12-24)26-15-19-4-2-3-13-25-19/h5-8,18-19H,2-4,9-15H2,1H3,(H,22,23). The van der Waals surface area contributed by atoms with E-state index >= 15 is 0 Å². The summed E-state index contributed by atoms with van der Waals surface area (Å²) in [6, 6.07) is 8.38. The number of guanidine groups is 1. The van der Waals surface area contributed by atoms with Crippen molar-refractivity contribution in [1.82, 2.24) is 10.2 Å². The third-order valence-electron chi connectivity index (χ3n) is 5.11. The second kappa shape index (κ2) is 10.3. The lowest BCUT2D eigenvalue weighted by Gasteiger charge is -2.35. The fraction of sp³-hybridized carbons (Fsp3) is 0.650. The van der Waals surface area contributed by atoms with Crippen LogP contribution in [0.2, 0.25) is 0 Å². The topological polar surface area (TPSA) is 46.1 Å². The smallest absolute Gasteiger partial charge is 0.193 e. The molecule has 2 fully saturated rings. The van der Waals surface area contributed by atoms with Crippen LogP contribution in [0, 0.1) is 0 Å². The van der Waals surface area contributed by atoms with Crippen LogP contribution in [0.4, 0.5) is 0 Å². The van der Waals surface area contributed by atoms with Gasteiger partial charge in [0.2, 0.25) is 0 Å². The van der Waals surface area contributed by atoms with Crippen LogP contribution in [0.5, 0.6) is 0 Å². The van der Waals surface area contributed by atoms with Crippen molar-refractivity contribution in [2.24, 2.45) is 4.99 Å². The molecule has 0 amide bonds. The maximum Gasteiger partial charge on any atom is 0.193 e. The summed E-state index contributed by atoms with van der Waals surface area (Å²) in [5.41, 5.74) is 1.25. The largest absolute Gasteiger partial charge is 0.376 e. The number of nitrogens with zero attached hydrogens (tertiary/aromatic N) is 2. The average Bonchev–Trinajstić information content (AvgIpc) is 2.70. The molecular weight excluding hydrogens is 394 g/mol. The van der Waals surface area contributed by atoms with E-state index in [-0.39, 0.29) is 0 Å². The highest BCUT2D eigenvalue weighted by Gasteiger charge is 2.23. The Labute approximate surface area is 165 Å². The Morgan fingerprint density at radius 3 is 2.65 bits per heavy atom. The molecule has 0 radical (unpaired) electrons. The average molecular weight is 424 g/mol. The molecule has 1 aromatic rings. The Balaban J connectivity index is 1.38. The van der Waals surface area contributed by atoms with Gasteiger partial charge in [-0.25, -0.2) is 0 Å². The molecule has 0 saturated carbocycles. The minimum atomic E-state index is 0.308. The summed E-state index contributed by atoms with van der Waals surface area (Å²) in [4.78, 5) is 6.78. The number of likely N-dealkylation sites (tertiary alicyclic amines) is 1. The van der Waals surface area contributed by atoms with Gasteiger partial charge in [-0.05, 0) is 49.8 Å². The second-order valence-corrected chi connectivity index (χ2v) is 7.95. The van der Waals surface area contributed by atoms with Crippen molar-refractivity contribution in [3.8, 4) is 0 Å². The van der Waals surface area contributed by atoms with E-state index < -0.39 is 0 Å².